The quantitative estimate of drug-likeness (QED) is 0.739. The summed E-state index contributed by atoms with van der Waals surface area (Å²) in [5, 5.41) is 17.4. The van der Waals surface area contributed by atoms with Gasteiger partial charge in [0.25, 0.3) is 0 Å². The number of hydrogen-bond acceptors (Lipinski definition) is 2. The molecule has 1 aromatic rings. The summed E-state index contributed by atoms with van der Waals surface area (Å²) in [7, 11) is 0. The Bertz CT molecular complexity index is 741. The van der Waals surface area contributed by atoms with Crippen molar-refractivity contribution in [1.82, 2.24) is 0 Å². The van der Waals surface area contributed by atoms with E-state index in [0.29, 0.717) is 0 Å². The van der Waals surface area contributed by atoms with Crippen LogP contribution in [0.3, 0.4) is 0 Å². The maximum Gasteiger partial charge on any atom is 0.417 e. The van der Waals surface area contributed by atoms with Gasteiger partial charge in [0, 0.05) is 0 Å². The van der Waals surface area contributed by atoms with Gasteiger partial charge in [0.1, 0.15) is 0 Å². The normalized spacial score (nSPS) is 13.0. The number of rotatable bonds is 2. The number of carbonyl (C=O) groups is 2. The van der Waals surface area contributed by atoms with Crippen molar-refractivity contribution < 1.29 is 59.3 Å². The molecule has 2 N–H and O–H groups in total. The third-order valence-corrected chi connectivity index (χ3v) is 3.03. The molecule has 13 heteroatoms. The van der Waals surface area contributed by atoms with Crippen LogP contribution in [-0.4, -0.2) is 22.2 Å². The molecule has 0 radical (unpaired) electrons. The zero-order valence-electron chi connectivity index (χ0n) is 11.6. The predicted octanol–water partition coefficient (Wildman–Crippen LogP) is 4.45. The highest BCUT2D eigenvalue weighted by Crippen LogP contribution is 2.49. The second kappa shape index (κ2) is 5.81. The van der Waals surface area contributed by atoms with E-state index in [1.165, 1.54) is 0 Å². The van der Waals surface area contributed by atoms with E-state index in [4.69, 9.17) is 10.2 Å². The van der Waals surface area contributed by atoms with Gasteiger partial charge in [-0.25, -0.2) is 9.59 Å². The van der Waals surface area contributed by atoms with E-state index in [0.717, 1.165) is 0 Å². The van der Waals surface area contributed by atoms with E-state index >= 15 is 0 Å². The lowest BCUT2D eigenvalue weighted by atomic mass is 9.85. The summed E-state index contributed by atoms with van der Waals surface area (Å²) in [5.41, 5.74) is -15.7. The average Bonchev–Trinajstić information content (AvgIpc) is 2.31. The maximum absolute atomic E-state index is 13.0. The Labute approximate surface area is 131 Å². The molecule has 140 valence electrons. The number of carboxylic acid groups (broad SMARTS) is 2. The maximum atomic E-state index is 13.0. The first-order valence-electron chi connectivity index (χ1n) is 5.81. The van der Waals surface area contributed by atoms with Gasteiger partial charge in [-0.1, -0.05) is 0 Å². The van der Waals surface area contributed by atoms with E-state index in [2.05, 4.69) is 0 Å². The Balaban J connectivity index is 4.47. The van der Waals surface area contributed by atoms with E-state index in [-0.39, 0.29) is 6.92 Å². The summed E-state index contributed by atoms with van der Waals surface area (Å²) in [4.78, 5) is 21.9. The van der Waals surface area contributed by atoms with E-state index < -0.39 is 63.8 Å². The molecule has 1 aromatic carbocycles. The molecule has 0 aliphatic rings. The molecule has 0 bridgehead atoms. The fourth-order valence-corrected chi connectivity index (χ4v) is 2.28. The van der Waals surface area contributed by atoms with Gasteiger partial charge in [0.15, 0.2) is 0 Å². The van der Waals surface area contributed by atoms with Crippen molar-refractivity contribution in [2.24, 2.45) is 0 Å². The third kappa shape index (κ3) is 3.64. The van der Waals surface area contributed by atoms with Crippen molar-refractivity contribution >= 4 is 11.9 Å². The van der Waals surface area contributed by atoms with E-state index in [9.17, 15) is 49.1 Å². The minimum absolute atomic E-state index is 0.147. The molecule has 0 heterocycles. The molecule has 4 nitrogen and oxygen atoms in total. The molecule has 0 spiro atoms. The highest BCUT2D eigenvalue weighted by Gasteiger charge is 2.53. The summed E-state index contributed by atoms with van der Waals surface area (Å²) in [6, 6.07) is 0. The minimum atomic E-state index is -6.23. The molecule has 0 amide bonds. The molecular formula is C12H5F9O4. The van der Waals surface area contributed by atoms with E-state index in [1.54, 1.807) is 0 Å². The van der Waals surface area contributed by atoms with Crippen molar-refractivity contribution in [2.45, 2.75) is 25.5 Å². The van der Waals surface area contributed by atoms with Gasteiger partial charge in [-0.05, 0) is 12.5 Å². The smallest absolute Gasteiger partial charge is 0.417 e. The van der Waals surface area contributed by atoms with Crippen LogP contribution in [0.5, 0.6) is 0 Å². The summed E-state index contributed by atoms with van der Waals surface area (Å²) in [5.74, 6) is -5.66. The summed E-state index contributed by atoms with van der Waals surface area (Å²) < 4.78 is 117. The van der Waals surface area contributed by atoms with Crippen LogP contribution in [0.25, 0.3) is 0 Å². The molecule has 0 saturated heterocycles. The monoisotopic (exact) mass is 384 g/mol. The predicted molar refractivity (Wildman–Crippen MR) is 60.1 cm³/mol. The van der Waals surface area contributed by atoms with Gasteiger partial charge in [-0.2, -0.15) is 39.5 Å². The van der Waals surface area contributed by atoms with Gasteiger partial charge < -0.3 is 10.2 Å². The zero-order valence-corrected chi connectivity index (χ0v) is 11.6. The molecule has 0 atom stereocenters. The number of carboxylic acids is 2. The fraction of sp³-hybridized carbons (Fsp3) is 0.333. The Morgan fingerprint density at radius 3 is 1.16 bits per heavy atom. The lowest BCUT2D eigenvalue weighted by molar-refractivity contribution is -0.164. The van der Waals surface area contributed by atoms with Gasteiger partial charge in [-0.15, -0.1) is 0 Å². The first kappa shape index (κ1) is 20.6. The van der Waals surface area contributed by atoms with Crippen molar-refractivity contribution in [3.05, 3.63) is 33.4 Å². The molecule has 0 aliphatic heterocycles. The lowest BCUT2D eigenvalue weighted by Crippen LogP contribution is -2.30. The van der Waals surface area contributed by atoms with Crippen molar-refractivity contribution in [3.8, 4) is 0 Å². The van der Waals surface area contributed by atoms with Crippen LogP contribution in [-0.2, 0) is 18.5 Å². The van der Waals surface area contributed by atoms with Crippen LogP contribution in [0.4, 0.5) is 39.5 Å². The van der Waals surface area contributed by atoms with Gasteiger partial charge in [0.05, 0.1) is 27.8 Å². The second-order valence-electron chi connectivity index (χ2n) is 4.60. The van der Waals surface area contributed by atoms with Crippen LogP contribution >= 0.6 is 0 Å². The number of benzene rings is 1. The molecule has 25 heavy (non-hydrogen) atoms. The van der Waals surface area contributed by atoms with Crippen LogP contribution in [0, 0.1) is 6.92 Å². The van der Waals surface area contributed by atoms with Crippen molar-refractivity contribution in [3.63, 3.8) is 0 Å². The number of hydrogen-bond donors (Lipinski definition) is 2. The summed E-state index contributed by atoms with van der Waals surface area (Å²) in [6.07, 6.45) is -18.2. The topological polar surface area (TPSA) is 74.6 Å². The molecule has 0 aliphatic carbocycles. The molecular weight excluding hydrogens is 379 g/mol. The van der Waals surface area contributed by atoms with Crippen LogP contribution in [0.15, 0.2) is 0 Å². The van der Waals surface area contributed by atoms with Crippen LogP contribution < -0.4 is 0 Å². The van der Waals surface area contributed by atoms with Gasteiger partial charge in [0.2, 0.25) is 0 Å². The third-order valence-electron chi connectivity index (χ3n) is 3.03. The number of halogens is 9. The first-order chi connectivity index (χ1) is 10.9. The molecule has 0 unspecified atom stereocenters. The van der Waals surface area contributed by atoms with Gasteiger partial charge >= 0.3 is 30.5 Å². The highest BCUT2D eigenvalue weighted by atomic mass is 19.4. The Morgan fingerprint density at radius 1 is 0.640 bits per heavy atom. The molecule has 0 saturated carbocycles. The zero-order chi connectivity index (χ0) is 20.1. The first-order valence-corrected chi connectivity index (χ1v) is 5.81. The summed E-state index contributed by atoms with van der Waals surface area (Å²) >= 11 is 0. The fourth-order valence-electron chi connectivity index (χ4n) is 2.28. The van der Waals surface area contributed by atoms with Crippen molar-refractivity contribution in [1.29, 1.82) is 0 Å². The Hall–Kier alpha value is -2.47. The SMILES string of the molecule is Cc1c(C(=O)O)c(C(F)(F)F)c(C(F)(F)F)c(C(=O)O)c1C(F)(F)F. The Morgan fingerprint density at radius 2 is 0.920 bits per heavy atom. The summed E-state index contributed by atoms with van der Waals surface area (Å²) in [6.45, 7) is 0.147. The van der Waals surface area contributed by atoms with E-state index in [1.807, 2.05) is 0 Å². The largest absolute Gasteiger partial charge is 0.478 e. The number of aromatic carboxylic acids is 2. The molecule has 0 aromatic heterocycles. The van der Waals surface area contributed by atoms with Crippen LogP contribution in [0.1, 0.15) is 43.0 Å². The number of alkyl halides is 9. The molecule has 0 fully saturated rings. The van der Waals surface area contributed by atoms with Crippen LogP contribution in [0.2, 0.25) is 0 Å². The Kier molecular flexibility index (Phi) is 4.78. The standard InChI is InChI=1S/C12H5F9O4/c1-2-3(8(22)23)6(11(16,17)18)7(12(19,20)21)4(9(24)25)5(2)10(13,14)15/h1H3,(H,22,23)(H,24,25). The minimum Gasteiger partial charge on any atom is -0.478 e. The van der Waals surface area contributed by atoms with Crippen molar-refractivity contribution in [2.75, 3.05) is 0 Å². The second-order valence-corrected chi connectivity index (χ2v) is 4.60. The average molecular weight is 384 g/mol. The van der Waals surface area contributed by atoms with Gasteiger partial charge in [-0.3, -0.25) is 0 Å². The highest BCUT2D eigenvalue weighted by molar-refractivity contribution is 5.99. The lowest BCUT2D eigenvalue weighted by Gasteiger charge is -2.25. The molecule has 1 rings (SSSR count).